The zero-order valence-corrected chi connectivity index (χ0v) is 15.7. The van der Waals surface area contributed by atoms with Gasteiger partial charge in [0.25, 0.3) is 0 Å². The molecule has 2 aliphatic heterocycles. The standard InChI is InChI=1S/C25H24N2/c1-25(21-14-6-3-7-15-21)18-23(19-10-4-2-5-11-19)26-22-16-8-12-20-13-9-17-27(25)24(20)22/h2-8,10-12,14-16H,9,13,17-18H2,1H3. The molecule has 0 fully saturated rings. The molecule has 0 saturated heterocycles. The van der Waals surface area contributed by atoms with Gasteiger partial charge in [0.15, 0.2) is 0 Å². The maximum atomic E-state index is 5.20. The van der Waals surface area contributed by atoms with Crippen LogP contribution in [0.2, 0.25) is 0 Å². The van der Waals surface area contributed by atoms with Crippen LogP contribution in [0.1, 0.15) is 36.5 Å². The lowest BCUT2D eigenvalue weighted by molar-refractivity contribution is 0.440. The monoisotopic (exact) mass is 352 g/mol. The van der Waals surface area contributed by atoms with Crippen molar-refractivity contribution in [3.63, 3.8) is 0 Å². The number of hydrogen-bond donors (Lipinski definition) is 0. The molecular weight excluding hydrogens is 328 g/mol. The third-order valence-electron chi connectivity index (χ3n) is 6.06. The lowest BCUT2D eigenvalue weighted by Crippen LogP contribution is -2.47. The average Bonchev–Trinajstić information content (AvgIpc) is 2.87. The molecule has 2 nitrogen and oxygen atoms in total. The van der Waals surface area contributed by atoms with Gasteiger partial charge in [-0.05, 0) is 42.5 Å². The molecule has 5 rings (SSSR count). The first-order chi connectivity index (χ1) is 13.3. The van der Waals surface area contributed by atoms with Crippen LogP contribution in [0.4, 0.5) is 11.4 Å². The highest BCUT2D eigenvalue weighted by atomic mass is 15.2. The van der Waals surface area contributed by atoms with Gasteiger partial charge < -0.3 is 4.90 Å². The highest BCUT2D eigenvalue weighted by molar-refractivity contribution is 6.05. The number of nitrogens with zero attached hydrogens (tertiary/aromatic N) is 2. The van der Waals surface area contributed by atoms with E-state index in [-0.39, 0.29) is 5.54 Å². The molecule has 3 aromatic carbocycles. The second-order valence-electron chi connectivity index (χ2n) is 7.78. The fourth-order valence-corrected chi connectivity index (χ4v) is 4.67. The van der Waals surface area contributed by atoms with Gasteiger partial charge in [-0.2, -0.15) is 0 Å². The molecule has 0 amide bonds. The normalized spacial score (nSPS) is 21.2. The van der Waals surface area contributed by atoms with Gasteiger partial charge in [-0.25, -0.2) is 0 Å². The summed E-state index contributed by atoms with van der Waals surface area (Å²) >= 11 is 0. The summed E-state index contributed by atoms with van der Waals surface area (Å²) in [5.41, 5.74) is 7.52. The number of hydrogen-bond acceptors (Lipinski definition) is 2. The lowest BCUT2D eigenvalue weighted by Gasteiger charge is -2.45. The zero-order chi connectivity index (χ0) is 18.3. The first kappa shape index (κ1) is 16.3. The van der Waals surface area contributed by atoms with E-state index in [1.807, 2.05) is 0 Å². The summed E-state index contributed by atoms with van der Waals surface area (Å²) in [5.74, 6) is 0. The van der Waals surface area contributed by atoms with Crippen molar-refractivity contribution in [3.8, 4) is 0 Å². The Kier molecular flexibility index (Phi) is 3.86. The summed E-state index contributed by atoms with van der Waals surface area (Å²) in [5, 5.41) is 0. The minimum absolute atomic E-state index is 0.113. The molecule has 3 aromatic rings. The van der Waals surface area contributed by atoms with Crippen LogP contribution in [0.25, 0.3) is 0 Å². The van der Waals surface area contributed by atoms with Crippen LogP contribution in [0.3, 0.4) is 0 Å². The maximum Gasteiger partial charge on any atom is 0.0869 e. The zero-order valence-electron chi connectivity index (χ0n) is 15.7. The Balaban J connectivity index is 1.76. The smallest absolute Gasteiger partial charge is 0.0869 e. The highest BCUT2D eigenvalue weighted by Gasteiger charge is 2.40. The van der Waals surface area contributed by atoms with Crippen LogP contribution in [0, 0.1) is 0 Å². The first-order valence-electron chi connectivity index (χ1n) is 9.84. The number of benzene rings is 3. The van der Waals surface area contributed by atoms with Crippen molar-refractivity contribution in [1.29, 1.82) is 0 Å². The third-order valence-corrected chi connectivity index (χ3v) is 6.06. The molecule has 0 bridgehead atoms. The van der Waals surface area contributed by atoms with Crippen LogP contribution < -0.4 is 4.90 Å². The SMILES string of the molecule is CC1(c2ccccc2)CC(c2ccccc2)=Nc2cccc3c2N1CCC3. The van der Waals surface area contributed by atoms with Gasteiger partial charge in [-0.3, -0.25) is 4.99 Å². The molecule has 0 N–H and O–H groups in total. The van der Waals surface area contributed by atoms with Crippen molar-refractivity contribution in [2.45, 2.75) is 31.7 Å². The number of aryl methyl sites for hydroxylation is 1. The van der Waals surface area contributed by atoms with Crippen molar-refractivity contribution in [1.82, 2.24) is 0 Å². The molecule has 1 unspecified atom stereocenters. The van der Waals surface area contributed by atoms with E-state index in [2.05, 4.69) is 90.7 Å². The van der Waals surface area contributed by atoms with Crippen LogP contribution in [0.5, 0.6) is 0 Å². The molecule has 2 heteroatoms. The summed E-state index contributed by atoms with van der Waals surface area (Å²) in [6.07, 6.45) is 3.23. The summed E-state index contributed by atoms with van der Waals surface area (Å²) in [6, 6.07) is 28.2. The number of anilines is 1. The van der Waals surface area contributed by atoms with Gasteiger partial charge in [0.05, 0.1) is 22.6 Å². The summed E-state index contributed by atoms with van der Waals surface area (Å²) in [6.45, 7) is 3.46. The van der Waals surface area contributed by atoms with E-state index in [4.69, 9.17) is 4.99 Å². The number of aliphatic imine (C=N–C) groups is 1. The van der Waals surface area contributed by atoms with E-state index in [1.165, 1.54) is 34.5 Å². The molecule has 0 aromatic heterocycles. The quantitative estimate of drug-likeness (QED) is 0.562. The number of rotatable bonds is 2. The molecule has 0 radical (unpaired) electrons. The molecule has 134 valence electrons. The van der Waals surface area contributed by atoms with Gasteiger partial charge in [-0.15, -0.1) is 0 Å². The Labute approximate surface area is 161 Å². The van der Waals surface area contributed by atoms with Crippen molar-refractivity contribution < 1.29 is 0 Å². The maximum absolute atomic E-state index is 5.20. The second kappa shape index (κ2) is 6.38. The Hall–Kier alpha value is -2.87. The Morgan fingerprint density at radius 2 is 1.59 bits per heavy atom. The molecular formula is C25H24N2. The predicted octanol–water partition coefficient (Wildman–Crippen LogP) is 5.88. The summed E-state index contributed by atoms with van der Waals surface area (Å²) in [7, 11) is 0. The van der Waals surface area contributed by atoms with E-state index in [0.29, 0.717) is 0 Å². The summed E-state index contributed by atoms with van der Waals surface area (Å²) in [4.78, 5) is 7.82. The topological polar surface area (TPSA) is 15.6 Å². The Bertz CT molecular complexity index is 991. The van der Waals surface area contributed by atoms with Crippen LogP contribution in [-0.4, -0.2) is 12.3 Å². The van der Waals surface area contributed by atoms with Crippen molar-refractivity contribution in [2.75, 3.05) is 11.4 Å². The average molecular weight is 352 g/mol. The van der Waals surface area contributed by atoms with E-state index in [0.717, 1.165) is 25.1 Å². The third kappa shape index (κ3) is 2.68. The predicted molar refractivity (Wildman–Crippen MR) is 113 cm³/mol. The van der Waals surface area contributed by atoms with Crippen molar-refractivity contribution in [3.05, 3.63) is 95.6 Å². The van der Waals surface area contributed by atoms with E-state index in [9.17, 15) is 0 Å². The largest absolute Gasteiger partial charge is 0.360 e. The summed E-state index contributed by atoms with van der Waals surface area (Å²) < 4.78 is 0. The van der Waals surface area contributed by atoms with Crippen molar-refractivity contribution in [2.24, 2.45) is 4.99 Å². The lowest BCUT2D eigenvalue weighted by atomic mass is 9.82. The van der Waals surface area contributed by atoms with Gasteiger partial charge in [0, 0.05) is 13.0 Å². The van der Waals surface area contributed by atoms with E-state index in [1.54, 1.807) is 0 Å². The molecule has 27 heavy (non-hydrogen) atoms. The number of para-hydroxylation sites is 1. The van der Waals surface area contributed by atoms with Crippen LogP contribution in [0.15, 0.2) is 83.9 Å². The van der Waals surface area contributed by atoms with Crippen LogP contribution in [-0.2, 0) is 12.0 Å². The van der Waals surface area contributed by atoms with Crippen LogP contribution >= 0.6 is 0 Å². The second-order valence-corrected chi connectivity index (χ2v) is 7.78. The Morgan fingerprint density at radius 1 is 0.852 bits per heavy atom. The minimum atomic E-state index is -0.113. The molecule has 0 saturated carbocycles. The molecule has 2 heterocycles. The molecule has 1 atom stereocenters. The van der Waals surface area contributed by atoms with Gasteiger partial charge >= 0.3 is 0 Å². The minimum Gasteiger partial charge on any atom is -0.360 e. The fraction of sp³-hybridized carbons (Fsp3) is 0.240. The Morgan fingerprint density at radius 3 is 2.37 bits per heavy atom. The van der Waals surface area contributed by atoms with Gasteiger partial charge in [0.1, 0.15) is 0 Å². The van der Waals surface area contributed by atoms with Gasteiger partial charge in [0.2, 0.25) is 0 Å². The first-order valence-corrected chi connectivity index (χ1v) is 9.84. The van der Waals surface area contributed by atoms with E-state index < -0.39 is 0 Å². The van der Waals surface area contributed by atoms with Crippen molar-refractivity contribution >= 4 is 17.1 Å². The molecule has 2 aliphatic rings. The van der Waals surface area contributed by atoms with E-state index >= 15 is 0 Å². The molecule has 0 aliphatic carbocycles. The fourth-order valence-electron chi connectivity index (χ4n) is 4.67. The highest BCUT2D eigenvalue weighted by Crippen LogP contribution is 2.47. The molecule has 0 spiro atoms. The van der Waals surface area contributed by atoms with Gasteiger partial charge in [-0.1, -0.05) is 72.8 Å².